The van der Waals surface area contributed by atoms with Crippen molar-refractivity contribution in [1.82, 2.24) is 14.5 Å². The molecule has 0 bridgehead atoms. The van der Waals surface area contributed by atoms with E-state index in [1.54, 1.807) is 0 Å². The molecule has 0 amide bonds. The summed E-state index contributed by atoms with van der Waals surface area (Å²) in [6.45, 7) is -0.0821. The Morgan fingerprint density at radius 2 is 1.89 bits per heavy atom. The minimum atomic E-state index is -3.86. The molecule has 0 aliphatic carbocycles. The van der Waals surface area contributed by atoms with Gasteiger partial charge in [0.2, 0.25) is 0 Å². The number of nitro benzene ring substituents is 1. The lowest BCUT2D eigenvalue weighted by Gasteiger charge is -2.11. The van der Waals surface area contributed by atoms with E-state index in [1.807, 2.05) is 0 Å². The van der Waals surface area contributed by atoms with Crippen molar-refractivity contribution in [2.75, 3.05) is 27.9 Å². The van der Waals surface area contributed by atoms with Crippen LogP contribution in [-0.4, -0.2) is 51.0 Å². The normalized spacial score (nSPS) is 11.4. The summed E-state index contributed by atoms with van der Waals surface area (Å²) in [5, 5.41) is 15.1. The maximum Gasteiger partial charge on any atom is 0.276 e. The van der Waals surface area contributed by atoms with Gasteiger partial charge in [-0.25, -0.2) is 17.8 Å². The first kappa shape index (κ1) is 20.6. The van der Waals surface area contributed by atoms with Gasteiger partial charge in [-0.3, -0.25) is 10.1 Å². The molecule has 0 aliphatic rings. The summed E-state index contributed by atoms with van der Waals surface area (Å²) in [5.74, 6) is 0.538. The SMILES string of the molecule is COCn1nccc1S(=O)(=O)NCCc1cc(OC)c(OC)cc1[N+](=O)[O-]. The first-order chi connectivity index (χ1) is 12.8. The van der Waals surface area contributed by atoms with Gasteiger partial charge in [0, 0.05) is 19.2 Å². The second kappa shape index (κ2) is 8.79. The lowest BCUT2D eigenvalue weighted by molar-refractivity contribution is -0.385. The molecule has 0 unspecified atom stereocenters. The predicted molar refractivity (Wildman–Crippen MR) is 94.3 cm³/mol. The van der Waals surface area contributed by atoms with Crippen LogP contribution in [0.4, 0.5) is 5.69 Å². The highest BCUT2D eigenvalue weighted by Crippen LogP contribution is 2.34. The molecule has 1 N–H and O–H groups in total. The van der Waals surface area contributed by atoms with E-state index >= 15 is 0 Å². The van der Waals surface area contributed by atoms with Gasteiger partial charge in [-0.1, -0.05) is 0 Å². The third-order valence-corrected chi connectivity index (χ3v) is 5.15. The van der Waals surface area contributed by atoms with E-state index in [0.717, 1.165) is 0 Å². The molecule has 27 heavy (non-hydrogen) atoms. The van der Waals surface area contributed by atoms with Crippen molar-refractivity contribution in [3.63, 3.8) is 0 Å². The predicted octanol–water partition coefficient (Wildman–Crippen LogP) is 0.933. The average Bonchev–Trinajstić information content (AvgIpc) is 3.10. The van der Waals surface area contributed by atoms with E-state index in [4.69, 9.17) is 14.2 Å². The quantitative estimate of drug-likeness (QED) is 0.460. The number of sulfonamides is 1. The number of nitrogens with one attached hydrogen (secondary N) is 1. The number of rotatable bonds is 10. The number of ether oxygens (including phenoxy) is 3. The monoisotopic (exact) mass is 400 g/mol. The van der Waals surface area contributed by atoms with Crippen molar-refractivity contribution in [3.8, 4) is 11.5 Å². The van der Waals surface area contributed by atoms with Crippen molar-refractivity contribution >= 4 is 15.7 Å². The fraction of sp³-hybridized carbons (Fsp3) is 0.400. The van der Waals surface area contributed by atoms with E-state index in [1.165, 1.54) is 50.4 Å². The maximum atomic E-state index is 12.4. The molecule has 12 heteroatoms. The molecule has 1 heterocycles. The highest BCUT2D eigenvalue weighted by atomic mass is 32.2. The molecule has 0 atom stereocenters. The van der Waals surface area contributed by atoms with Crippen molar-refractivity contribution in [2.45, 2.75) is 18.2 Å². The first-order valence-electron chi connectivity index (χ1n) is 7.73. The zero-order valence-electron chi connectivity index (χ0n) is 15.0. The molecular formula is C15H20N4O7S. The molecule has 0 fully saturated rings. The number of aromatic nitrogens is 2. The Labute approximate surface area is 156 Å². The lowest BCUT2D eigenvalue weighted by Crippen LogP contribution is -2.28. The van der Waals surface area contributed by atoms with Crippen LogP contribution in [0.2, 0.25) is 0 Å². The molecule has 1 aromatic heterocycles. The number of nitrogens with zero attached hydrogens (tertiary/aromatic N) is 3. The number of nitro groups is 1. The van der Waals surface area contributed by atoms with Crippen LogP contribution in [0.1, 0.15) is 5.56 Å². The van der Waals surface area contributed by atoms with Crippen LogP contribution in [0, 0.1) is 10.1 Å². The summed E-state index contributed by atoms with van der Waals surface area (Å²) in [6.07, 6.45) is 1.42. The van der Waals surface area contributed by atoms with E-state index in [0.29, 0.717) is 11.3 Å². The maximum absolute atomic E-state index is 12.4. The van der Waals surface area contributed by atoms with Crippen molar-refractivity contribution in [2.24, 2.45) is 0 Å². The molecule has 2 rings (SSSR count). The fourth-order valence-electron chi connectivity index (χ4n) is 2.44. The molecule has 0 radical (unpaired) electrons. The molecule has 148 valence electrons. The largest absolute Gasteiger partial charge is 0.493 e. The fourth-order valence-corrected chi connectivity index (χ4v) is 3.58. The van der Waals surface area contributed by atoms with Crippen LogP contribution in [-0.2, 0) is 27.9 Å². The van der Waals surface area contributed by atoms with Crippen LogP contribution in [0.15, 0.2) is 29.4 Å². The topological polar surface area (TPSA) is 135 Å². The third kappa shape index (κ3) is 4.72. The molecule has 0 aliphatic heterocycles. The van der Waals surface area contributed by atoms with Crippen LogP contribution >= 0.6 is 0 Å². The van der Waals surface area contributed by atoms with Gasteiger partial charge in [-0.15, -0.1) is 0 Å². The summed E-state index contributed by atoms with van der Waals surface area (Å²) in [7, 11) is 0.345. The second-order valence-corrected chi connectivity index (χ2v) is 7.04. The van der Waals surface area contributed by atoms with Gasteiger partial charge in [0.1, 0.15) is 6.73 Å². The van der Waals surface area contributed by atoms with Crippen molar-refractivity contribution in [1.29, 1.82) is 0 Å². The zero-order valence-corrected chi connectivity index (χ0v) is 15.9. The Bertz CT molecular complexity index is 911. The number of methoxy groups -OCH3 is 3. The summed E-state index contributed by atoms with van der Waals surface area (Å²) in [5.41, 5.74) is 0.127. The van der Waals surface area contributed by atoms with Crippen LogP contribution in [0.3, 0.4) is 0 Å². The summed E-state index contributed by atoms with van der Waals surface area (Å²) in [6, 6.07) is 4.04. The Morgan fingerprint density at radius 1 is 1.22 bits per heavy atom. The Morgan fingerprint density at radius 3 is 2.48 bits per heavy atom. The van der Waals surface area contributed by atoms with Gasteiger partial charge in [0.25, 0.3) is 15.7 Å². The Hall–Kier alpha value is -2.70. The molecule has 11 nitrogen and oxygen atoms in total. The van der Waals surface area contributed by atoms with Gasteiger partial charge in [-0.2, -0.15) is 5.10 Å². The summed E-state index contributed by atoms with van der Waals surface area (Å²) in [4.78, 5) is 10.7. The van der Waals surface area contributed by atoms with E-state index in [-0.39, 0.29) is 36.2 Å². The third-order valence-electron chi connectivity index (χ3n) is 3.67. The van der Waals surface area contributed by atoms with Gasteiger partial charge in [0.15, 0.2) is 16.5 Å². The molecular weight excluding hydrogens is 380 g/mol. The van der Waals surface area contributed by atoms with Crippen molar-refractivity contribution < 1.29 is 27.6 Å². The van der Waals surface area contributed by atoms with Crippen LogP contribution in [0.25, 0.3) is 0 Å². The highest BCUT2D eigenvalue weighted by molar-refractivity contribution is 7.89. The summed E-state index contributed by atoms with van der Waals surface area (Å²) < 4.78 is 43.5. The summed E-state index contributed by atoms with van der Waals surface area (Å²) >= 11 is 0. The minimum Gasteiger partial charge on any atom is -0.493 e. The molecule has 0 saturated carbocycles. The molecule has 0 spiro atoms. The standard InChI is InChI=1S/C15H20N4O7S/c1-24-10-18-15(5-6-16-18)27(22,23)17-7-4-11-8-13(25-2)14(26-3)9-12(11)19(20)21/h5-6,8-9,17H,4,7,10H2,1-3H3. The molecule has 2 aromatic rings. The van der Waals surface area contributed by atoms with E-state index in [2.05, 4.69) is 9.82 Å². The zero-order chi connectivity index (χ0) is 20.0. The van der Waals surface area contributed by atoms with Gasteiger partial charge in [0.05, 0.1) is 31.4 Å². The number of hydrogen-bond donors (Lipinski definition) is 1. The van der Waals surface area contributed by atoms with Gasteiger partial charge < -0.3 is 14.2 Å². The number of hydrogen-bond acceptors (Lipinski definition) is 8. The smallest absolute Gasteiger partial charge is 0.276 e. The second-order valence-electron chi connectivity index (χ2n) is 5.33. The van der Waals surface area contributed by atoms with Gasteiger partial charge >= 0.3 is 0 Å². The lowest BCUT2D eigenvalue weighted by atomic mass is 10.1. The van der Waals surface area contributed by atoms with Crippen molar-refractivity contribution in [3.05, 3.63) is 40.1 Å². The number of benzene rings is 1. The highest BCUT2D eigenvalue weighted by Gasteiger charge is 2.22. The Balaban J connectivity index is 2.18. The Kier molecular flexibility index (Phi) is 6.71. The first-order valence-corrected chi connectivity index (χ1v) is 9.22. The van der Waals surface area contributed by atoms with Gasteiger partial charge in [-0.05, 0) is 18.6 Å². The van der Waals surface area contributed by atoms with E-state index in [9.17, 15) is 18.5 Å². The van der Waals surface area contributed by atoms with Crippen LogP contribution < -0.4 is 14.2 Å². The average molecular weight is 400 g/mol. The molecule has 0 saturated heterocycles. The minimum absolute atomic E-state index is 0.0234. The molecule has 1 aromatic carbocycles. The van der Waals surface area contributed by atoms with E-state index < -0.39 is 14.9 Å². The van der Waals surface area contributed by atoms with Crippen LogP contribution in [0.5, 0.6) is 11.5 Å².